The number of nitrogens with one attached hydrogen (secondary N) is 2. The van der Waals surface area contributed by atoms with Crippen LogP contribution >= 0.6 is 0 Å². The van der Waals surface area contributed by atoms with Gasteiger partial charge in [-0.1, -0.05) is 0 Å². The lowest BCUT2D eigenvalue weighted by atomic mass is 9.90. The van der Waals surface area contributed by atoms with Gasteiger partial charge in [0.2, 0.25) is 0 Å². The number of aromatic nitrogens is 4. The summed E-state index contributed by atoms with van der Waals surface area (Å²) in [6.45, 7) is 6.39. The highest BCUT2D eigenvalue weighted by atomic mass is 16.5. The van der Waals surface area contributed by atoms with Crippen LogP contribution in [0.3, 0.4) is 0 Å². The standard InChI is InChI=1S/C32H43N9O2/c1-38-14-16-39(17-15-38)24-8-10-25(11-9-24)41-31-28(18-33-41)30(40-19-26-12-13-27(20-40)43-26)36-29(37-31)21-2-4-22(5-3-21)34-32(42)35-23-6-7-23/h2-5,18,23-27H,6-17,19-20H2,1H3,(H2,34,35,42). The molecule has 11 heteroatoms. The van der Waals surface area contributed by atoms with Crippen LogP contribution < -0.4 is 15.5 Å². The van der Waals surface area contributed by atoms with Gasteiger partial charge in [-0.15, -0.1) is 0 Å². The van der Waals surface area contributed by atoms with Crippen molar-refractivity contribution in [1.29, 1.82) is 0 Å². The summed E-state index contributed by atoms with van der Waals surface area (Å²) in [7, 11) is 2.23. The first-order chi connectivity index (χ1) is 21.1. The minimum absolute atomic E-state index is 0.150. The summed E-state index contributed by atoms with van der Waals surface area (Å²) in [5.41, 5.74) is 2.61. The molecule has 1 aromatic carbocycles. The Kier molecular flexibility index (Phi) is 7.19. The summed E-state index contributed by atoms with van der Waals surface area (Å²) in [4.78, 5) is 30.1. The van der Waals surface area contributed by atoms with E-state index in [0.717, 1.165) is 79.7 Å². The fraction of sp³-hybridized carbons (Fsp3) is 0.625. The van der Waals surface area contributed by atoms with E-state index >= 15 is 0 Å². The second-order valence-corrected chi connectivity index (χ2v) is 13.3. The van der Waals surface area contributed by atoms with E-state index in [4.69, 9.17) is 19.8 Å². The maximum atomic E-state index is 12.2. The molecular weight excluding hydrogens is 542 g/mol. The van der Waals surface area contributed by atoms with Gasteiger partial charge < -0.3 is 25.2 Å². The highest BCUT2D eigenvalue weighted by Crippen LogP contribution is 2.37. The maximum Gasteiger partial charge on any atom is 0.319 e. The van der Waals surface area contributed by atoms with Crippen LogP contribution in [-0.2, 0) is 4.74 Å². The van der Waals surface area contributed by atoms with Crippen LogP contribution in [0, 0.1) is 0 Å². The van der Waals surface area contributed by atoms with Crippen LogP contribution in [0.5, 0.6) is 0 Å². The molecule has 228 valence electrons. The number of piperazine rings is 1. The quantitative estimate of drug-likeness (QED) is 0.450. The second-order valence-electron chi connectivity index (χ2n) is 13.3. The van der Waals surface area contributed by atoms with Crippen LogP contribution in [0.4, 0.5) is 16.3 Å². The highest BCUT2D eigenvalue weighted by Gasteiger charge is 2.36. The first-order valence-electron chi connectivity index (χ1n) is 16.3. The largest absolute Gasteiger partial charge is 0.371 e. The van der Waals surface area contributed by atoms with Crippen LogP contribution in [-0.4, -0.2) is 106 Å². The summed E-state index contributed by atoms with van der Waals surface area (Å²) in [6, 6.07) is 9.06. The Labute approximate surface area is 253 Å². The third kappa shape index (κ3) is 5.70. The molecule has 3 saturated heterocycles. The molecule has 3 aliphatic heterocycles. The Bertz CT molecular complexity index is 1440. The van der Waals surface area contributed by atoms with E-state index in [0.29, 0.717) is 23.9 Å². The summed E-state index contributed by atoms with van der Waals surface area (Å²) in [5.74, 6) is 1.66. The molecule has 2 N–H and O–H groups in total. The van der Waals surface area contributed by atoms with Crippen LogP contribution in [0.1, 0.15) is 57.4 Å². The number of carbonyl (C=O) groups is 1. The molecule has 2 aliphatic carbocycles. The Hall–Kier alpha value is -3.28. The molecular formula is C32H43N9O2. The lowest BCUT2D eigenvalue weighted by Gasteiger charge is -2.41. The number of rotatable bonds is 6. The lowest BCUT2D eigenvalue weighted by Crippen LogP contribution is -2.49. The van der Waals surface area contributed by atoms with Gasteiger partial charge in [-0.3, -0.25) is 4.90 Å². The van der Waals surface area contributed by atoms with Crippen molar-refractivity contribution in [3.05, 3.63) is 30.5 Å². The number of likely N-dealkylation sites (N-methyl/N-ethyl adjacent to an activating group) is 1. The molecule has 2 aromatic heterocycles. The smallest absolute Gasteiger partial charge is 0.319 e. The number of fused-ring (bicyclic) bond motifs is 3. The van der Waals surface area contributed by atoms with Gasteiger partial charge in [0.1, 0.15) is 5.82 Å². The van der Waals surface area contributed by atoms with E-state index in [1.807, 2.05) is 30.5 Å². The van der Waals surface area contributed by atoms with Gasteiger partial charge in [-0.25, -0.2) is 19.4 Å². The maximum absolute atomic E-state index is 12.2. The van der Waals surface area contributed by atoms with Crippen molar-refractivity contribution in [1.82, 2.24) is 34.9 Å². The Morgan fingerprint density at radius 3 is 2.26 bits per heavy atom. The number of hydrogen-bond acceptors (Lipinski definition) is 8. The van der Waals surface area contributed by atoms with E-state index < -0.39 is 0 Å². The first kappa shape index (κ1) is 27.3. The molecule has 3 aromatic rings. The van der Waals surface area contributed by atoms with Crippen molar-refractivity contribution in [3.8, 4) is 11.4 Å². The summed E-state index contributed by atoms with van der Waals surface area (Å²) in [5, 5.41) is 11.9. The molecule has 5 heterocycles. The average molecular weight is 586 g/mol. The fourth-order valence-corrected chi connectivity index (χ4v) is 7.47. The first-order valence-corrected chi connectivity index (χ1v) is 16.3. The zero-order valence-corrected chi connectivity index (χ0v) is 25.1. The monoisotopic (exact) mass is 585 g/mol. The zero-order chi connectivity index (χ0) is 28.9. The van der Waals surface area contributed by atoms with Gasteiger partial charge in [-0.05, 0) is 82.7 Å². The van der Waals surface area contributed by atoms with Gasteiger partial charge in [0.15, 0.2) is 11.5 Å². The van der Waals surface area contributed by atoms with E-state index in [1.165, 1.54) is 39.0 Å². The third-order valence-corrected chi connectivity index (χ3v) is 10.2. The molecule has 2 atom stereocenters. The van der Waals surface area contributed by atoms with Crippen molar-refractivity contribution in [2.45, 2.75) is 81.7 Å². The third-order valence-electron chi connectivity index (χ3n) is 10.2. The zero-order valence-electron chi connectivity index (χ0n) is 25.1. The molecule has 5 aliphatic rings. The lowest BCUT2D eigenvalue weighted by molar-refractivity contribution is 0.0303. The average Bonchev–Trinajstić information content (AvgIpc) is 3.63. The summed E-state index contributed by atoms with van der Waals surface area (Å²) >= 11 is 0. The van der Waals surface area contributed by atoms with E-state index in [-0.39, 0.29) is 18.2 Å². The normalized spacial score (nSPS) is 28.3. The molecule has 0 radical (unpaired) electrons. The fourth-order valence-electron chi connectivity index (χ4n) is 7.47. The Balaban J connectivity index is 1.07. The van der Waals surface area contributed by atoms with E-state index in [9.17, 15) is 4.79 Å². The van der Waals surface area contributed by atoms with Gasteiger partial charge in [0.25, 0.3) is 0 Å². The number of morpholine rings is 1. The number of anilines is 2. The molecule has 8 rings (SSSR count). The number of hydrogen-bond donors (Lipinski definition) is 2. The molecule has 43 heavy (non-hydrogen) atoms. The van der Waals surface area contributed by atoms with Crippen molar-refractivity contribution in [2.75, 3.05) is 56.5 Å². The molecule has 5 fully saturated rings. The Morgan fingerprint density at radius 1 is 0.860 bits per heavy atom. The molecule has 2 unspecified atom stereocenters. The molecule has 11 nitrogen and oxygen atoms in total. The molecule has 2 amide bonds. The molecule has 2 saturated carbocycles. The van der Waals surface area contributed by atoms with Crippen molar-refractivity contribution < 1.29 is 9.53 Å². The SMILES string of the molecule is CN1CCN(C2CCC(n3ncc4c(N5CC6CCC(C5)O6)nc(-c5ccc(NC(=O)NC6CC6)cc5)nc43)CC2)CC1. The van der Waals surface area contributed by atoms with Crippen LogP contribution in [0.15, 0.2) is 30.5 Å². The minimum Gasteiger partial charge on any atom is -0.371 e. The number of ether oxygens (including phenoxy) is 1. The van der Waals surface area contributed by atoms with Crippen LogP contribution in [0.25, 0.3) is 22.4 Å². The number of carbonyl (C=O) groups excluding carboxylic acids is 1. The molecule has 0 spiro atoms. The minimum atomic E-state index is -0.150. The summed E-state index contributed by atoms with van der Waals surface area (Å²) < 4.78 is 8.35. The number of amides is 2. The number of urea groups is 1. The van der Waals surface area contributed by atoms with Gasteiger partial charge in [-0.2, -0.15) is 5.10 Å². The van der Waals surface area contributed by atoms with E-state index in [2.05, 4.69) is 37.1 Å². The number of nitrogens with zero attached hydrogens (tertiary/aromatic N) is 7. The van der Waals surface area contributed by atoms with Crippen LogP contribution in [0.2, 0.25) is 0 Å². The predicted molar refractivity (Wildman–Crippen MR) is 166 cm³/mol. The topological polar surface area (TPSA) is 104 Å². The van der Waals surface area contributed by atoms with Gasteiger partial charge in [0.05, 0.1) is 29.8 Å². The van der Waals surface area contributed by atoms with Crippen molar-refractivity contribution in [3.63, 3.8) is 0 Å². The van der Waals surface area contributed by atoms with Gasteiger partial charge >= 0.3 is 6.03 Å². The predicted octanol–water partition coefficient (Wildman–Crippen LogP) is 3.88. The van der Waals surface area contributed by atoms with Gasteiger partial charge in [0, 0.05) is 62.6 Å². The van der Waals surface area contributed by atoms with E-state index in [1.54, 1.807) is 0 Å². The molecule has 2 bridgehead atoms. The van der Waals surface area contributed by atoms with Crippen molar-refractivity contribution in [2.24, 2.45) is 0 Å². The highest BCUT2D eigenvalue weighted by molar-refractivity contribution is 5.91. The van der Waals surface area contributed by atoms with Crippen molar-refractivity contribution >= 4 is 28.6 Å². The summed E-state index contributed by atoms with van der Waals surface area (Å²) in [6.07, 6.45) is 11.5. The Morgan fingerprint density at radius 2 is 1.56 bits per heavy atom. The second kappa shape index (κ2) is 11.3. The number of benzene rings is 1.